The van der Waals surface area contributed by atoms with Crippen LogP contribution in [0, 0.1) is 24.2 Å². The van der Waals surface area contributed by atoms with Crippen molar-refractivity contribution in [2.75, 3.05) is 18.9 Å². The van der Waals surface area contributed by atoms with Gasteiger partial charge in [0.2, 0.25) is 5.88 Å². The zero-order chi connectivity index (χ0) is 18.6. The fourth-order valence-electron chi connectivity index (χ4n) is 3.18. The molecule has 1 saturated carbocycles. The summed E-state index contributed by atoms with van der Waals surface area (Å²) < 4.78 is 7.01. The van der Waals surface area contributed by atoms with Gasteiger partial charge >= 0.3 is 0 Å². The van der Waals surface area contributed by atoms with Crippen LogP contribution in [0.25, 0.3) is 0 Å². The average molecular weight is 411 g/mol. The molecule has 1 heterocycles. The number of guanidine groups is 1. The molecule has 2 rings (SSSR count). The molecule has 0 bridgehead atoms. The molecule has 0 unspecified atom stereocenters. The molecule has 1 aromatic heterocycles. The molecule has 0 radical (unpaired) electrons. The van der Waals surface area contributed by atoms with E-state index < -0.39 is 0 Å². The Hall–Kier alpha value is -1.30. The van der Waals surface area contributed by atoms with Gasteiger partial charge in [0.1, 0.15) is 6.10 Å². The van der Waals surface area contributed by atoms with E-state index in [1.807, 2.05) is 31.9 Å². The number of hydrogen-bond acceptors (Lipinski definition) is 3. The fraction of sp³-hybridized carbons (Fsp3) is 0.684. The molecule has 25 heavy (non-hydrogen) atoms. The Balaban J connectivity index is 2.01. The first-order valence-electron chi connectivity index (χ1n) is 9.22. The zero-order valence-corrected chi connectivity index (χ0v) is 17.6. The minimum atomic E-state index is 0.251. The molecule has 1 fully saturated rings. The van der Waals surface area contributed by atoms with Crippen molar-refractivity contribution in [3.63, 3.8) is 0 Å². The first-order chi connectivity index (χ1) is 11.8. The summed E-state index contributed by atoms with van der Waals surface area (Å²) in [6, 6.07) is 1.95. The summed E-state index contributed by atoms with van der Waals surface area (Å²) >= 11 is 3.58. The highest BCUT2D eigenvalue weighted by Gasteiger charge is 2.25. The zero-order valence-electron chi connectivity index (χ0n) is 16.0. The molecule has 0 saturated heterocycles. The summed E-state index contributed by atoms with van der Waals surface area (Å²) in [5.74, 6) is 2.60. The van der Waals surface area contributed by atoms with Crippen molar-refractivity contribution < 1.29 is 4.74 Å². The lowest BCUT2D eigenvalue weighted by Gasteiger charge is -2.31. The van der Waals surface area contributed by atoms with Gasteiger partial charge in [0, 0.05) is 13.6 Å². The van der Waals surface area contributed by atoms with Crippen LogP contribution in [0.15, 0.2) is 10.5 Å². The van der Waals surface area contributed by atoms with E-state index in [0.717, 1.165) is 47.1 Å². The van der Waals surface area contributed by atoms with E-state index in [4.69, 9.17) is 10.1 Å². The molecule has 140 valence electrons. The summed E-state index contributed by atoms with van der Waals surface area (Å²) in [4.78, 5) is 6.45. The molecule has 0 atom stereocenters. The number of hydrogen-bond donors (Lipinski definition) is 2. The van der Waals surface area contributed by atoms with Crippen LogP contribution in [0.2, 0.25) is 0 Å². The maximum absolute atomic E-state index is 8.05. The van der Waals surface area contributed by atoms with E-state index >= 15 is 0 Å². The molecule has 0 amide bonds. The lowest BCUT2D eigenvalue weighted by molar-refractivity contribution is 0.111. The van der Waals surface area contributed by atoms with Crippen LogP contribution in [-0.2, 0) is 0 Å². The molecule has 1 aliphatic rings. The predicted molar refractivity (Wildman–Crippen MR) is 108 cm³/mol. The van der Waals surface area contributed by atoms with Crippen molar-refractivity contribution >= 4 is 27.6 Å². The maximum Gasteiger partial charge on any atom is 0.228 e. The Labute approximate surface area is 160 Å². The van der Waals surface area contributed by atoms with E-state index in [-0.39, 0.29) is 6.10 Å². The third kappa shape index (κ3) is 5.33. The molecule has 0 aliphatic heterocycles. The first kappa shape index (κ1) is 20.0. The van der Waals surface area contributed by atoms with Crippen molar-refractivity contribution in [3.8, 4) is 5.88 Å². The van der Waals surface area contributed by atoms with E-state index in [1.54, 1.807) is 0 Å². The topological polar surface area (TPSA) is 61.2 Å². The van der Waals surface area contributed by atoms with Crippen LogP contribution in [0.4, 0.5) is 5.69 Å². The number of nitrogens with zero attached hydrogens (tertiary/aromatic N) is 2. The van der Waals surface area contributed by atoms with Gasteiger partial charge in [-0.2, -0.15) is 0 Å². The molecular formula is C19H31BrN4O. The summed E-state index contributed by atoms with van der Waals surface area (Å²) in [5.41, 5.74) is 1.66. The first-order valence-corrected chi connectivity index (χ1v) is 10.0. The monoisotopic (exact) mass is 410 g/mol. The highest BCUT2D eigenvalue weighted by Crippen LogP contribution is 2.34. The smallest absolute Gasteiger partial charge is 0.228 e. The molecule has 5 nitrogen and oxygen atoms in total. The average Bonchev–Trinajstić information content (AvgIpc) is 2.58. The fourth-order valence-corrected chi connectivity index (χ4v) is 3.59. The number of aryl methyl sites for hydroxylation is 1. The van der Waals surface area contributed by atoms with Crippen LogP contribution in [-0.4, -0.2) is 35.5 Å². The second-order valence-electron chi connectivity index (χ2n) is 7.29. The summed E-state index contributed by atoms with van der Waals surface area (Å²) in [6.07, 6.45) is 4.92. The summed E-state index contributed by atoms with van der Waals surface area (Å²) in [5, 5.41) is 11.2. The van der Waals surface area contributed by atoms with Gasteiger partial charge in [-0.3, -0.25) is 5.41 Å². The Morgan fingerprint density at radius 2 is 2.04 bits per heavy atom. The van der Waals surface area contributed by atoms with Gasteiger partial charge in [0.25, 0.3) is 0 Å². The van der Waals surface area contributed by atoms with E-state index in [1.165, 1.54) is 12.8 Å². The number of aromatic nitrogens is 1. The van der Waals surface area contributed by atoms with Crippen LogP contribution in [0.1, 0.15) is 52.1 Å². The van der Waals surface area contributed by atoms with Gasteiger partial charge in [-0.1, -0.05) is 13.8 Å². The Kier molecular flexibility index (Phi) is 7.11. The van der Waals surface area contributed by atoms with Crippen LogP contribution >= 0.6 is 15.9 Å². The highest BCUT2D eigenvalue weighted by molar-refractivity contribution is 9.10. The molecule has 2 N–H and O–H groups in total. The Bertz CT molecular complexity index is 597. The highest BCUT2D eigenvalue weighted by atomic mass is 79.9. The second kappa shape index (κ2) is 8.88. The van der Waals surface area contributed by atoms with Crippen LogP contribution < -0.4 is 10.1 Å². The van der Waals surface area contributed by atoms with Crippen molar-refractivity contribution in [1.29, 1.82) is 5.41 Å². The van der Waals surface area contributed by atoms with Gasteiger partial charge in [-0.25, -0.2) is 4.98 Å². The Morgan fingerprint density at radius 1 is 1.40 bits per heavy atom. The third-order valence-corrected chi connectivity index (χ3v) is 5.75. The maximum atomic E-state index is 8.05. The molecule has 0 aromatic carbocycles. The van der Waals surface area contributed by atoms with Crippen LogP contribution in [0.5, 0.6) is 5.88 Å². The molecule has 1 aliphatic carbocycles. The SMILES string of the molecule is CCN(C)C(=N)Nc1cc(Br)c(OC2CCC(C(C)C)CC2)nc1C. The number of halogens is 1. The number of anilines is 1. The van der Waals surface area contributed by atoms with E-state index in [2.05, 4.69) is 40.1 Å². The van der Waals surface area contributed by atoms with Crippen LogP contribution in [0.3, 0.4) is 0 Å². The summed E-state index contributed by atoms with van der Waals surface area (Å²) in [7, 11) is 1.89. The molecular weight excluding hydrogens is 380 g/mol. The molecule has 6 heteroatoms. The normalized spacial score (nSPS) is 20.4. The summed E-state index contributed by atoms with van der Waals surface area (Å²) in [6.45, 7) is 9.36. The lowest BCUT2D eigenvalue weighted by Crippen LogP contribution is -2.32. The van der Waals surface area contributed by atoms with Gasteiger partial charge in [-0.05, 0) is 73.4 Å². The minimum Gasteiger partial charge on any atom is -0.474 e. The lowest BCUT2D eigenvalue weighted by atomic mass is 9.80. The molecule has 1 aromatic rings. The van der Waals surface area contributed by atoms with Crippen molar-refractivity contribution in [2.24, 2.45) is 11.8 Å². The number of ether oxygens (including phenoxy) is 1. The van der Waals surface area contributed by atoms with Crippen molar-refractivity contribution in [1.82, 2.24) is 9.88 Å². The predicted octanol–water partition coefficient (Wildman–Crippen LogP) is 5.04. The van der Waals surface area contributed by atoms with Gasteiger partial charge in [0.15, 0.2) is 5.96 Å². The number of nitrogens with one attached hydrogen (secondary N) is 2. The molecule has 0 spiro atoms. The minimum absolute atomic E-state index is 0.251. The van der Waals surface area contributed by atoms with Gasteiger partial charge in [0.05, 0.1) is 15.9 Å². The third-order valence-electron chi connectivity index (χ3n) is 5.18. The number of pyridine rings is 1. The van der Waals surface area contributed by atoms with Crippen molar-refractivity contribution in [3.05, 3.63) is 16.2 Å². The Morgan fingerprint density at radius 3 is 2.60 bits per heavy atom. The van der Waals surface area contributed by atoms with Gasteiger partial charge < -0.3 is 15.0 Å². The van der Waals surface area contributed by atoms with Crippen molar-refractivity contribution in [2.45, 2.75) is 59.5 Å². The van der Waals surface area contributed by atoms with E-state index in [0.29, 0.717) is 11.8 Å². The van der Waals surface area contributed by atoms with Gasteiger partial charge in [-0.15, -0.1) is 0 Å². The second-order valence-corrected chi connectivity index (χ2v) is 8.15. The quantitative estimate of drug-likeness (QED) is 0.526. The number of rotatable bonds is 5. The standard InChI is InChI=1S/C19H31BrN4O/c1-6-24(5)19(21)23-17-11-16(20)18(22-13(17)4)25-15-9-7-14(8-10-15)12(2)3/h11-12,14-15H,6-10H2,1-5H3,(H2,21,23). The largest absolute Gasteiger partial charge is 0.474 e. The van der Waals surface area contributed by atoms with E-state index in [9.17, 15) is 0 Å².